The zero-order chi connectivity index (χ0) is 18.7. The van der Waals surface area contributed by atoms with E-state index in [4.69, 9.17) is 9.68 Å². The summed E-state index contributed by atoms with van der Waals surface area (Å²) >= 11 is 0. The summed E-state index contributed by atoms with van der Waals surface area (Å²) in [6.45, 7) is 13.4. The first kappa shape index (κ1) is 19.9. The van der Waals surface area contributed by atoms with Gasteiger partial charge < -0.3 is 4.84 Å². The lowest BCUT2D eigenvalue weighted by Crippen LogP contribution is -2.66. The lowest BCUT2D eigenvalue weighted by atomic mass is 9.70. The van der Waals surface area contributed by atoms with Crippen LogP contribution in [-0.4, -0.2) is 29.0 Å². The van der Waals surface area contributed by atoms with Crippen molar-refractivity contribution >= 4 is 5.71 Å². The van der Waals surface area contributed by atoms with Gasteiger partial charge in [0.05, 0.1) is 11.3 Å². The fourth-order valence-corrected chi connectivity index (χ4v) is 3.90. The van der Waals surface area contributed by atoms with Crippen LogP contribution in [0, 0.1) is 5.92 Å². The van der Waals surface area contributed by atoms with Crippen molar-refractivity contribution in [3.63, 3.8) is 0 Å². The average molecular weight is 347 g/mol. The second-order valence-electron chi connectivity index (χ2n) is 7.68. The molecule has 1 aliphatic heterocycles. The van der Waals surface area contributed by atoms with Crippen molar-refractivity contribution in [3.05, 3.63) is 35.9 Å². The van der Waals surface area contributed by atoms with Gasteiger partial charge in [-0.3, -0.25) is 4.84 Å². The van der Waals surface area contributed by atoms with Crippen LogP contribution in [0.15, 0.2) is 35.5 Å². The van der Waals surface area contributed by atoms with Crippen LogP contribution in [0.25, 0.3) is 0 Å². The monoisotopic (exact) mass is 346 g/mol. The number of oxime groups is 1. The third-order valence-corrected chi connectivity index (χ3v) is 6.17. The molecule has 2 rings (SSSR count). The van der Waals surface area contributed by atoms with Gasteiger partial charge in [0.15, 0.2) is 0 Å². The van der Waals surface area contributed by atoms with E-state index in [-0.39, 0.29) is 23.1 Å². The second-order valence-corrected chi connectivity index (χ2v) is 7.68. The fourth-order valence-electron chi connectivity index (χ4n) is 3.90. The minimum atomic E-state index is -0.136. The fraction of sp³-hybridized carbons (Fsp3) is 0.667. The van der Waals surface area contributed by atoms with Crippen LogP contribution in [0.3, 0.4) is 0 Å². The zero-order valence-electron chi connectivity index (χ0n) is 16.9. The lowest BCUT2D eigenvalue weighted by molar-refractivity contribution is -0.310. The molecule has 1 aromatic rings. The Kier molecular flexibility index (Phi) is 6.28. The van der Waals surface area contributed by atoms with Gasteiger partial charge in [0, 0.05) is 17.9 Å². The predicted octanol–water partition coefficient (Wildman–Crippen LogP) is 5.36. The van der Waals surface area contributed by atoms with Gasteiger partial charge >= 0.3 is 0 Å². The van der Waals surface area contributed by atoms with Crippen LogP contribution in [0.4, 0.5) is 0 Å². The molecule has 4 unspecified atom stereocenters. The van der Waals surface area contributed by atoms with Crippen molar-refractivity contribution in [2.45, 2.75) is 78.0 Å². The standard InChI is InChI=1S/C21H34N2O2/c1-8-20(5)15-19(22-24-7)16(3)21(6,9-2)23(20)25-17(4)18-13-11-10-12-14-18/h10-14,16-17H,8-9,15H2,1-7H3/b22-19-. The molecule has 0 radical (unpaired) electrons. The Morgan fingerprint density at radius 2 is 1.84 bits per heavy atom. The number of hydrogen-bond acceptors (Lipinski definition) is 4. The van der Waals surface area contributed by atoms with Gasteiger partial charge in [-0.1, -0.05) is 56.3 Å². The maximum absolute atomic E-state index is 6.62. The predicted molar refractivity (Wildman–Crippen MR) is 103 cm³/mol. The molecule has 1 aromatic carbocycles. The highest BCUT2D eigenvalue weighted by atomic mass is 16.7. The average Bonchev–Trinajstić information content (AvgIpc) is 2.64. The SMILES string of the molecule is CCC1(C)C/C(=N/OC)C(C)C(C)(CC)N1OC(C)c1ccccc1. The molecule has 1 fully saturated rings. The molecule has 0 spiro atoms. The van der Waals surface area contributed by atoms with E-state index in [2.05, 4.69) is 76.0 Å². The number of hydrogen-bond donors (Lipinski definition) is 0. The van der Waals surface area contributed by atoms with Crippen molar-refractivity contribution in [1.29, 1.82) is 0 Å². The molecule has 1 saturated heterocycles. The molecule has 0 saturated carbocycles. The van der Waals surface area contributed by atoms with Crippen LogP contribution in [0.5, 0.6) is 0 Å². The van der Waals surface area contributed by atoms with E-state index in [9.17, 15) is 0 Å². The van der Waals surface area contributed by atoms with Gasteiger partial charge in [0.2, 0.25) is 0 Å². The molecule has 4 nitrogen and oxygen atoms in total. The number of rotatable bonds is 6. The summed E-state index contributed by atoms with van der Waals surface area (Å²) in [5, 5.41) is 6.63. The van der Waals surface area contributed by atoms with Crippen LogP contribution < -0.4 is 0 Å². The van der Waals surface area contributed by atoms with Crippen molar-refractivity contribution < 1.29 is 9.68 Å². The molecule has 0 amide bonds. The van der Waals surface area contributed by atoms with Crippen molar-refractivity contribution in [1.82, 2.24) is 5.06 Å². The van der Waals surface area contributed by atoms with Gasteiger partial charge in [0.1, 0.15) is 13.2 Å². The summed E-state index contributed by atoms with van der Waals surface area (Å²) in [4.78, 5) is 11.8. The highest BCUT2D eigenvalue weighted by Crippen LogP contribution is 2.45. The van der Waals surface area contributed by atoms with Crippen molar-refractivity contribution in [3.8, 4) is 0 Å². The minimum Gasteiger partial charge on any atom is -0.399 e. The van der Waals surface area contributed by atoms with E-state index in [0.717, 1.165) is 25.0 Å². The smallest absolute Gasteiger partial charge is 0.106 e. The molecule has 0 aromatic heterocycles. The molecule has 140 valence electrons. The molecular weight excluding hydrogens is 312 g/mol. The van der Waals surface area contributed by atoms with E-state index in [1.807, 2.05) is 6.07 Å². The van der Waals surface area contributed by atoms with Gasteiger partial charge in [-0.05, 0) is 39.2 Å². The quantitative estimate of drug-likeness (QED) is 0.650. The Hall–Kier alpha value is -1.39. The Morgan fingerprint density at radius 1 is 1.20 bits per heavy atom. The van der Waals surface area contributed by atoms with E-state index < -0.39 is 0 Å². The first-order valence-electron chi connectivity index (χ1n) is 9.44. The topological polar surface area (TPSA) is 34.1 Å². The van der Waals surface area contributed by atoms with Crippen LogP contribution in [0.1, 0.15) is 72.5 Å². The summed E-state index contributed by atoms with van der Waals surface area (Å²) < 4.78 is 0. The summed E-state index contributed by atoms with van der Waals surface area (Å²) in [7, 11) is 1.63. The number of nitrogens with zero attached hydrogens (tertiary/aromatic N) is 2. The van der Waals surface area contributed by atoms with Gasteiger partial charge in [0.25, 0.3) is 0 Å². The summed E-state index contributed by atoms with van der Waals surface area (Å²) in [6, 6.07) is 10.4. The third kappa shape index (κ3) is 3.75. The van der Waals surface area contributed by atoms with Crippen LogP contribution in [0.2, 0.25) is 0 Å². The Labute approximate surface area is 153 Å². The molecule has 4 atom stereocenters. The highest BCUT2D eigenvalue weighted by Gasteiger charge is 2.53. The van der Waals surface area contributed by atoms with Gasteiger partial charge in [-0.15, -0.1) is 0 Å². The Balaban J connectivity index is 2.39. The van der Waals surface area contributed by atoms with Crippen LogP contribution in [-0.2, 0) is 9.68 Å². The lowest BCUT2D eigenvalue weighted by Gasteiger charge is -2.57. The number of piperidine rings is 1. The van der Waals surface area contributed by atoms with Gasteiger partial charge in [-0.2, -0.15) is 5.06 Å². The van der Waals surface area contributed by atoms with E-state index in [0.29, 0.717) is 0 Å². The molecule has 1 heterocycles. The highest BCUT2D eigenvalue weighted by molar-refractivity contribution is 5.89. The third-order valence-electron chi connectivity index (χ3n) is 6.17. The second kappa shape index (κ2) is 7.88. The Morgan fingerprint density at radius 3 is 2.36 bits per heavy atom. The molecule has 25 heavy (non-hydrogen) atoms. The molecule has 4 heteroatoms. The molecule has 0 N–H and O–H groups in total. The van der Waals surface area contributed by atoms with E-state index >= 15 is 0 Å². The zero-order valence-corrected chi connectivity index (χ0v) is 16.9. The normalized spacial score (nSPS) is 33.4. The summed E-state index contributed by atoms with van der Waals surface area (Å²) in [6.07, 6.45) is 2.83. The van der Waals surface area contributed by atoms with Crippen molar-refractivity contribution in [2.75, 3.05) is 7.11 Å². The summed E-state index contributed by atoms with van der Waals surface area (Å²) in [5.74, 6) is 0.264. The maximum Gasteiger partial charge on any atom is 0.106 e. The first-order valence-corrected chi connectivity index (χ1v) is 9.44. The number of hydroxylamine groups is 2. The maximum atomic E-state index is 6.62. The Bertz CT molecular complexity index is 589. The van der Waals surface area contributed by atoms with Gasteiger partial charge in [-0.25, -0.2) is 0 Å². The number of benzene rings is 1. The van der Waals surface area contributed by atoms with Crippen LogP contribution >= 0.6 is 0 Å². The van der Waals surface area contributed by atoms with E-state index in [1.165, 1.54) is 5.56 Å². The summed E-state index contributed by atoms with van der Waals surface area (Å²) in [5.41, 5.74) is 2.08. The minimum absolute atomic E-state index is 0.00561. The largest absolute Gasteiger partial charge is 0.399 e. The van der Waals surface area contributed by atoms with E-state index in [1.54, 1.807) is 7.11 Å². The molecule has 1 aliphatic rings. The molecule has 0 aliphatic carbocycles. The molecular formula is C21H34N2O2. The van der Waals surface area contributed by atoms with Crippen molar-refractivity contribution in [2.24, 2.45) is 11.1 Å². The first-order chi connectivity index (χ1) is 11.8. The molecule has 0 bridgehead atoms.